The van der Waals surface area contributed by atoms with Crippen molar-refractivity contribution in [2.45, 2.75) is 33.7 Å². The molecule has 7 nitrogen and oxygen atoms in total. The molecule has 0 aliphatic rings. The summed E-state index contributed by atoms with van der Waals surface area (Å²) in [6.07, 6.45) is 0.212. The molecule has 0 radical (unpaired) electrons. The highest BCUT2D eigenvalue weighted by atomic mass is 16.5. The largest absolute Gasteiger partial charge is 0.469 e. The van der Waals surface area contributed by atoms with Crippen molar-refractivity contribution in [3.8, 4) is 0 Å². The number of methoxy groups -OCH3 is 1. The van der Waals surface area contributed by atoms with E-state index in [1.165, 1.54) is 7.11 Å². The number of ketones is 1. The number of esters is 2. The van der Waals surface area contributed by atoms with Crippen molar-refractivity contribution in [3.63, 3.8) is 0 Å². The molecule has 1 aromatic carbocycles. The number of rotatable bonds is 7. The van der Waals surface area contributed by atoms with E-state index in [1.807, 2.05) is 29.7 Å². The van der Waals surface area contributed by atoms with E-state index >= 15 is 0 Å². The van der Waals surface area contributed by atoms with Crippen LogP contribution in [0, 0.1) is 20.8 Å². The van der Waals surface area contributed by atoms with Crippen molar-refractivity contribution in [2.24, 2.45) is 0 Å². The lowest BCUT2D eigenvalue weighted by atomic mass is 10.1. The Morgan fingerprint density at radius 2 is 1.77 bits per heavy atom. The number of hydrogen-bond donors (Lipinski definition) is 0. The SMILES string of the molecule is COC(=O)CCn1c(C)cc(C(=O)COC(=O)c2cc(C)nc3ccccc23)c1C. The summed E-state index contributed by atoms with van der Waals surface area (Å²) in [7, 11) is 1.34. The summed E-state index contributed by atoms with van der Waals surface area (Å²) in [6, 6.07) is 10.7. The predicted molar refractivity (Wildman–Crippen MR) is 112 cm³/mol. The molecule has 156 valence electrons. The number of fused-ring (bicyclic) bond motifs is 1. The molecule has 0 aliphatic heterocycles. The Kier molecular flexibility index (Phi) is 6.30. The molecule has 0 N–H and O–H groups in total. The van der Waals surface area contributed by atoms with Gasteiger partial charge in [0.25, 0.3) is 0 Å². The summed E-state index contributed by atoms with van der Waals surface area (Å²) in [6.45, 7) is 5.52. The molecule has 0 spiro atoms. The van der Waals surface area contributed by atoms with Gasteiger partial charge >= 0.3 is 11.9 Å². The minimum Gasteiger partial charge on any atom is -0.469 e. The van der Waals surface area contributed by atoms with Crippen molar-refractivity contribution in [1.82, 2.24) is 9.55 Å². The standard InChI is InChI=1S/C23H24N2O5/c1-14-11-19(17-7-5-6-8-20(17)24-14)23(28)30-13-21(26)18-12-15(2)25(16(18)3)10-9-22(27)29-4/h5-8,11-12H,9-10,13H2,1-4H3. The van der Waals surface area contributed by atoms with Crippen molar-refractivity contribution < 1.29 is 23.9 Å². The van der Waals surface area contributed by atoms with Crippen LogP contribution in [-0.4, -0.2) is 41.0 Å². The van der Waals surface area contributed by atoms with Gasteiger partial charge in [-0.15, -0.1) is 0 Å². The number of pyridine rings is 1. The van der Waals surface area contributed by atoms with Crippen molar-refractivity contribution in [2.75, 3.05) is 13.7 Å². The van der Waals surface area contributed by atoms with Gasteiger partial charge in [-0.1, -0.05) is 18.2 Å². The number of benzene rings is 1. The van der Waals surface area contributed by atoms with Gasteiger partial charge in [-0.2, -0.15) is 0 Å². The Balaban J connectivity index is 1.73. The van der Waals surface area contributed by atoms with Crippen LogP contribution in [0.15, 0.2) is 36.4 Å². The number of hydrogen-bond acceptors (Lipinski definition) is 6. The summed E-state index contributed by atoms with van der Waals surface area (Å²) in [5.74, 6) is -1.18. The highest BCUT2D eigenvalue weighted by Gasteiger charge is 2.19. The van der Waals surface area contributed by atoms with Gasteiger partial charge in [-0.3, -0.25) is 14.6 Å². The molecular formula is C23H24N2O5. The van der Waals surface area contributed by atoms with Crippen molar-refractivity contribution in [3.05, 3.63) is 64.6 Å². The number of ether oxygens (including phenoxy) is 2. The summed E-state index contributed by atoms with van der Waals surface area (Å²) >= 11 is 0. The van der Waals surface area contributed by atoms with Crippen LogP contribution >= 0.6 is 0 Å². The fraction of sp³-hybridized carbons (Fsp3) is 0.304. The van der Waals surface area contributed by atoms with Crippen LogP contribution < -0.4 is 0 Å². The average molecular weight is 408 g/mol. The molecule has 0 atom stereocenters. The van der Waals surface area contributed by atoms with Gasteiger partial charge in [-0.25, -0.2) is 4.79 Å². The van der Waals surface area contributed by atoms with Gasteiger partial charge < -0.3 is 14.0 Å². The van der Waals surface area contributed by atoms with Crippen molar-refractivity contribution in [1.29, 1.82) is 0 Å². The normalized spacial score (nSPS) is 10.8. The minimum absolute atomic E-state index is 0.212. The molecule has 0 unspecified atom stereocenters. The minimum atomic E-state index is -0.565. The predicted octanol–water partition coefficient (Wildman–Crippen LogP) is 3.56. The zero-order valence-electron chi connectivity index (χ0n) is 17.5. The highest BCUT2D eigenvalue weighted by Crippen LogP contribution is 2.20. The third kappa shape index (κ3) is 4.40. The molecule has 2 heterocycles. The van der Waals surface area contributed by atoms with Gasteiger partial charge in [0.1, 0.15) is 0 Å². The monoisotopic (exact) mass is 408 g/mol. The zero-order valence-corrected chi connectivity index (χ0v) is 17.5. The second-order valence-corrected chi connectivity index (χ2v) is 7.09. The zero-order chi connectivity index (χ0) is 21.8. The van der Waals surface area contributed by atoms with E-state index in [1.54, 1.807) is 32.0 Å². The lowest BCUT2D eigenvalue weighted by Gasteiger charge is -2.10. The molecule has 0 amide bonds. The fourth-order valence-corrected chi connectivity index (χ4v) is 3.50. The van der Waals surface area contributed by atoms with Crippen LogP contribution in [-0.2, 0) is 20.8 Å². The molecule has 7 heteroatoms. The van der Waals surface area contributed by atoms with E-state index in [-0.39, 0.29) is 24.8 Å². The number of nitrogens with zero attached hydrogens (tertiary/aromatic N) is 2. The molecule has 0 saturated carbocycles. The number of carbonyl (C=O) groups is 3. The Morgan fingerprint density at radius 1 is 1.03 bits per heavy atom. The number of para-hydroxylation sites is 1. The number of aryl methyl sites for hydroxylation is 2. The van der Waals surface area contributed by atoms with Gasteiger partial charge in [0.2, 0.25) is 5.78 Å². The maximum absolute atomic E-state index is 12.7. The highest BCUT2D eigenvalue weighted by molar-refractivity contribution is 6.05. The lowest BCUT2D eigenvalue weighted by Crippen LogP contribution is -2.16. The summed E-state index contributed by atoms with van der Waals surface area (Å²) in [4.78, 5) is 41.2. The first-order valence-corrected chi connectivity index (χ1v) is 9.62. The van der Waals surface area contributed by atoms with Gasteiger partial charge in [0.15, 0.2) is 6.61 Å². The van der Waals surface area contributed by atoms with E-state index in [0.717, 1.165) is 11.4 Å². The maximum Gasteiger partial charge on any atom is 0.339 e. The van der Waals surface area contributed by atoms with Gasteiger partial charge in [0.05, 0.1) is 24.6 Å². The van der Waals surface area contributed by atoms with E-state index in [2.05, 4.69) is 9.72 Å². The van der Waals surface area contributed by atoms with Crippen LogP contribution in [0.4, 0.5) is 0 Å². The molecule has 0 aliphatic carbocycles. The molecule has 3 aromatic rings. The first-order valence-electron chi connectivity index (χ1n) is 9.62. The lowest BCUT2D eigenvalue weighted by molar-refractivity contribution is -0.140. The fourth-order valence-electron chi connectivity index (χ4n) is 3.50. The topological polar surface area (TPSA) is 87.5 Å². The van der Waals surface area contributed by atoms with E-state index in [9.17, 15) is 14.4 Å². The summed E-state index contributed by atoms with van der Waals surface area (Å²) in [5.41, 5.74) is 3.82. The van der Waals surface area contributed by atoms with Gasteiger partial charge in [-0.05, 0) is 39.0 Å². The Morgan fingerprint density at radius 3 is 2.50 bits per heavy atom. The second kappa shape index (κ2) is 8.90. The molecule has 0 saturated heterocycles. The molecular weight excluding hydrogens is 384 g/mol. The van der Waals surface area contributed by atoms with Crippen molar-refractivity contribution >= 4 is 28.6 Å². The Bertz CT molecular complexity index is 1130. The first-order chi connectivity index (χ1) is 14.3. The number of Topliss-reactive ketones (excluding diaryl/α,β-unsaturated/α-hetero) is 1. The maximum atomic E-state index is 12.7. The van der Waals surface area contributed by atoms with Crippen LogP contribution in [0.3, 0.4) is 0 Å². The summed E-state index contributed by atoms with van der Waals surface area (Å²) in [5, 5.41) is 0.682. The average Bonchev–Trinajstić information content (AvgIpc) is 3.02. The Labute approximate surface area is 174 Å². The van der Waals surface area contributed by atoms with Crippen LogP contribution in [0.1, 0.15) is 44.2 Å². The quantitative estimate of drug-likeness (QED) is 0.439. The molecule has 0 bridgehead atoms. The van der Waals surface area contributed by atoms with E-state index < -0.39 is 5.97 Å². The van der Waals surface area contributed by atoms with Crippen LogP contribution in [0.5, 0.6) is 0 Å². The number of aromatic nitrogens is 2. The molecule has 2 aromatic heterocycles. The molecule has 3 rings (SSSR count). The first kappa shape index (κ1) is 21.2. The summed E-state index contributed by atoms with van der Waals surface area (Å²) < 4.78 is 11.9. The second-order valence-electron chi connectivity index (χ2n) is 7.09. The van der Waals surface area contributed by atoms with Crippen LogP contribution in [0.2, 0.25) is 0 Å². The van der Waals surface area contributed by atoms with Gasteiger partial charge in [0, 0.05) is 34.6 Å². The Hall–Kier alpha value is -3.48. The molecule has 30 heavy (non-hydrogen) atoms. The van der Waals surface area contributed by atoms with E-state index in [0.29, 0.717) is 34.3 Å². The smallest absolute Gasteiger partial charge is 0.339 e. The number of carbonyl (C=O) groups excluding carboxylic acids is 3. The molecule has 0 fully saturated rings. The third-order valence-corrected chi connectivity index (χ3v) is 5.04. The third-order valence-electron chi connectivity index (χ3n) is 5.04. The van der Waals surface area contributed by atoms with E-state index in [4.69, 9.17) is 4.74 Å². The van der Waals surface area contributed by atoms with Crippen LogP contribution in [0.25, 0.3) is 10.9 Å².